The molecule has 2 saturated heterocycles. The Hall–Kier alpha value is -3.72. The van der Waals surface area contributed by atoms with Gasteiger partial charge < -0.3 is 30.2 Å². The Morgan fingerprint density at radius 1 is 1.08 bits per heavy atom. The van der Waals surface area contributed by atoms with Gasteiger partial charge in [-0.05, 0) is 80.8 Å². The number of nitrogens with zero attached hydrogens (tertiary/aromatic N) is 4. The lowest BCUT2D eigenvalue weighted by Crippen LogP contribution is -2.65. The number of Topliss-reactive ketones (excluding diaryl/α,β-unsaturated/α-hetero) is 1. The largest absolute Gasteiger partial charge is 0.481 e. The quantitative estimate of drug-likeness (QED) is 0.0535. The first-order valence-electron chi connectivity index (χ1n) is 19.1. The van der Waals surface area contributed by atoms with E-state index in [1.54, 1.807) is 0 Å². The summed E-state index contributed by atoms with van der Waals surface area (Å²) in [6, 6.07) is 10.1. The number of nitrogens with two attached hydrogens (primary N) is 1. The fourth-order valence-electron chi connectivity index (χ4n) is 8.93. The molecule has 5 fully saturated rings. The zero-order chi connectivity index (χ0) is 37.6. The number of nitrogens with one attached hydrogen (secondary N) is 2. The predicted molar refractivity (Wildman–Crippen MR) is 200 cm³/mol. The van der Waals surface area contributed by atoms with Crippen LogP contribution < -0.4 is 21.4 Å². The van der Waals surface area contributed by atoms with Crippen LogP contribution in [0.2, 0.25) is 0 Å². The summed E-state index contributed by atoms with van der Waals surface area (Å²) in [6.07, 6.45) is 4.31. The van der Waals surface area contributed by atoms with Gasteiger partial charge in [0.15, 0.2) is 5.03 Å². The van der Waals surface area contributed by atoms with E-state index in [-0.39, 0.29) is 66.8 Å². The number of carbonyl (C=O) groups excluding carboxylic acids is 3. The van der Waals surface area contributed by atoms with Gasteiger partial charge in [0.2, 0.25) is 11.8 Å². The molecule has 3 saturated carbocycles. The second-order valence-electron chi connectivity index (χ2n) is 16.4. The molecule has 1 aromatic rings. The molecule has 14 nitrogen and oxygen atoms in total. The number of carbonyl (C=O) groups is 3. The second kappa shape index (κ2) is 17.0. The predicted octanol–water partition coefficient (Wildman–Crippen LogP) is 3.76. The molecular weight excluding hydrogens is 665 g/mol. The van der Waals surface area contributed by atoms with E-state index in [4.69, 9.17) is 15.0 Å². The van der Waals surface area contributed by atoms with Crippen molar-refractivity contribution in [3.63, 3.8) is 0 Å². The highest BCUT2D eigenvalue weighted by Crippen LogP contribution is 2.65. The van der Waals surface area contributed by atoms with Gasteiger partial charge in [-0.1, -0.05) is 51.3 Å². The molecule has 6 atom stereocenters. The molecule has 2 amide bonds. The van der Waals surface area contributed by atoms with E-state index in [1.165, 1.54) is 0 Å². The van der Waals surface area contributed by atoms with E-state index in [0.717, 1.165) is 31.6 Å². The first kappa shape index (κ1) is 39.5. The van der Waals surface area contributed by atoms with E-state index in [9.17, 15) is 24.5 Å². The Kier molecular flexibility index (Phi) is 12.9. The van der Waals surface area contributed by atoms with E-state index in [1.807, 2.05) is 28.5 Å². The zero-order valence-corrected chi connectivity index (χ0v) is 31.6. The Morgan fingerprint density at radius 3 is 2.44 bits per heavy atom. The molecule has 3 aliphatic carbocycles. The summed E-state index contributed by atoms with van der Waals surface area (Å²) in [7, 11) is -0.592. The van der Waals surface area contributed by atoms with Crippen molar-refractivity contribution in [1.82, 2.24) is 15.6 Å². The van der Waals surface area contributed by atoms with Gasteiger partial charge in [-0.15, -0.1) is 0 Å². The van der Waals surface area contributed by atoms with Gasteiger partial charge in [-0.3, -0.25) is 14.4 Å². The number of aliphatic imine (C=N–C) groups is 1. The maximum Gasteiger partial charge on any atom is 0.481 e. The number of hydrogen-bond donors (Lipinski definition) is 3. The summed E-state index contributed by atoms with van der Waals surface area (Å²) in [5, 5.41) is 13.1. The third kappa shape index (κ3) is 9.44. The molecule has 52 heavy (non-hydrogen) atoms. The fraction of sp³-hybridized carbons (Fsp3) is 0.730. The van der Waals surface area contributed by atoms with Gasteiger partial charge in [0.1, 0.15) is 5.78 Å². The van der Waals surface area contributed by atoms with Crippen molar-refractivity contribution in [2.24, 2.45) is 39.8 Å². The van der Waals surface area contributed by atoms with Crippen molar-refractivity contribution in [1.29, 1.82) is 0 Å². The minimum absolute atomic E-state index is 0.0151. The Labute approximate surface area is 308 Å². The minimum Gasteiger partial charge on any atom is -0.404 e. The lowest BCUT2D eigenvalue weighted by Gasteiger charge is -2.64. The number of guanidine groups is 1. The Morgan fingerprint density at radius 2 is 1.79 bits per heavy atom. The van der Waals surface area contributed by atoms with Crippen LogP contribution in [-0.4, -0.2) is 91.0 Å². The number of nitro groups is 1. The first-order valence-corrected chi connectivity index (χ1v) is 19.1. The third-order valence-corrected chi connectivity index (χ3v) is 12.0. The standard InChI is InChI=1S/C37H58BN7O7/c1-25(2)21-32(38-51-31-24-27-23-30(36(27,3)4)37(31,5)52-38)41-34(48)26(11-10-16-40-35(39)42-45(49)50)22-29(46)14-9-15-33(47)44-19-17-43(18-20-44)28-12-7-6-8-13-28/h6-8,12-13,25-27,30-32H,9-11,14-24H2,1-5H3,(H,41,48)(H3,39,40,42)/t26-,27-,30-,31-,32+,37+/m1/s1. The van der Waals surface area contributed by atoms with E-state index >= 15 is 0 Å². The average Bonchev–Trinajstić information content (AvgIpc) is 3.46. The number of amides is 2. The summed E-state index contributed by atoms with van der Waals surface area (Å²) in [5.74, 6) is -0.447. The second-order valence-corrected chi connectivity index (χ2v) is 16.4. The molecule has 5 aliphatic rings. The molecule has 0 aromatic heterocycles. The van der Waals surface area contributed by atoms with Gasteiger partial charge in [0.05, 0.1) is 17.6 Å². The number of anilines is 1. The summed E-state index contributed by atoms with van der Waals surface area (Å²) in [4.78, 5) is 59.1. The van der Waals surface area contributed by atoms with Crippen LogP contribution in [0.5, 0.6) is 0 Å². The molecule has 0 unspecified atom stereocenters. The highest BCUT2D eigenvalue weighted by molar-refractivity contribution is 6.47. The molecule has 0 radical (unpaired) electrons. The van der Waals surface area contributed by atoms with Gasteiger partial charge in [0.25, 0.3) is 5.96 Å². The van der Waals surface area contributed by atoms with Crippen LogP contribution >= 0.6 is 0 Å². The summed E-state index contributed by atoms with van der Waals surface area (Å²) in [5.41, 5.74) is 8.31. The maximum absolute atomic E-state index is 14.0. The van der Waals surface area contributed by atoms with E-state index < -0.39 is 29.6 Å². The maximum atomic E-state index is 14.0. The Bertz CT molecular complexity index is 1450. The highest BCUT2D eigenvalue weighted by Gasteiger charge is 2.68. The Balaban J connectivity index is 1.16. The van der Waals surface area contributed by atoms with Crippen LogP contribution in [0.4, 0.5) is 5.69 Å². The van der Waals surface area contributed by atoms with Gasteiger partial charge in [-0.25, -0.2) is 15.1 Å². The van der Waals surface area contributed by atoms with Crippen LogP contribution in [0, 0.1) is 39.2 Å². The number of para-hydroxylation sites is 1. The zero-order valence-electron chi connectivity index (χ0n) is 31.6. The van der Waals surface area contributed by atoms with Gasteiger partial charge in [-0.2, -0.15) is 0 Å². The smallest absolute Gasteiger partial charge is 0.404 e. The van der Waals surface area contributed by atoms with Crippen molar-refractivity contribution in [3.8, 4) is 0 Å². The monoisotopic (exact) mass is 723 g/mol. The SMILES string of the molecule is CC(C)C[C@H](NC(=O)[C@H](CCCN=C(N)N[N+](=O)[O-])CC(=O)CCCC(=O)N1CCN(c2ccccc2)CC1)B1O[C@@H]2C[C@H]3C[C@H](C3(C)C)[C@]2(C)O1. The van der Waals surface area contributed by atoms with Crippen molar-refractivity contribution in [2.45, 2.75) is 110 Å². The topological polar surface area (TPSA) is 182 Å². The van der Waals surface area contributed by atoms with E-state index in [0.29, 0.717) is 50.6 Å². The molecular formula is C37H58BN7O7. The number of ketones is 1. The first-order chi connectivity index (χ1) is 24.7. The number of hydrogen-bond acceptors (Lipinski definition) is 9. The van der Waals surface area contributed by atoms with Crippen molar-refractivity contribution in [3.05, 3.63) is 40.4 Å². The third-order valence-electron chi connectivity index (χ3n) is 12.0. The van der Waals surface area contributed by atoms with Crippen LogP contribution in [-0.2, 0) is 23.7 Å². The molecule has 4 N–H and O–H groups in total. The van der Waals surface area contributed by atoms with Gasteiger partial charge >= 0.3 is 7.12 Å². The normalized spacial score (nSPS) is 26.3. The molecule has 286 valence electrons. The number of piperazine rings is 1. The summed E-state index contributed by atoms with van der Waals surface area (Å²) >= 11 is 0. The van der Waals surface area contributed by atoms with Crippen molar-refractivity contribution < 1.29 is 28.7 Å². The number of rotatable bonds is 17. The average molecular weight is 724 g/mol. The van der Waals surface area contributed by atoms with Crippen molar-refractivity contribution >= 4 is 36.4 Å². The molecule has 15 heteroatoms. The molecule has 1 aromatic carbocycles. The molecule has 2 aliphatic heterocycles. The van der Waals surface area contributed by atoms with Crippen LogP contribution in [0.3, 0.4) is 0 Å². The van der Waals surface area contributed by atoms with Gasteiger partial charge in [0, 0.05) is 63.6 Å². The van der Waals surface area contributed by atoms with Crippen molar-refractivity contribution in [2.75, 3.05) is 37.6 Å². The number of benzene rings is 1. The number of hydrazine groups is 1. The van der Waals surface area contributed by atoms with Crippen LogP contribution in [0.1, 0.15) is 92.4 Å². The molecule has 6 rings (SSSR count). The highest BCUT2D eigenvalue weighted by atomic mass is 16.7. The lowest BCUT2D eigenvalue weighted by atomic mass is 9.43. The van der Waals surface area contributed by atoms with E-state index in [2.05, 4.69) is 62.0 Å². The lowest BCUT2D eigenvalue weighted by molar-refractivity contribution is -0.525. The summed E-state index contributed by atoms with van der Waals surface area (Å²) in [6.45, 7) is 13.9. The van der Waals surface area contributed by atoms with Crippen LogP contribution in [0.25, 0.3) is 0 Å². The summed E-state index contributed by atoms with van der Waals surface area (Å²) < 4.78 is 13.3. The molecule has 2 bridgehead atoms. The minimum atomic E-state index is -0.786. The fourth-order valence-corrected chi connectivity index (χ4v) is 8.93. The molecule has 0 spiro atoms. The molecule has 2 heterocycles. The van der Waals surface area contributed by atoms with Crippen LogP contribution in [0.15, 0.2) is 35.3 Å².